The van der Waals surface area contributed by atoms with E-state index >= 15 is 0 Å². The molecule has 0 atom stereocenters. The first-order chi connectivity index (χ1) is 10.2. The summed E-state index contributed by atoms with van der Waals surface area (Å²) < 4.78 is 0. The van der Waals surface area contributed by atoms with Gasteiger partial charge in [-0.15, -0.1) is 0 Å². The molecule has 0 N–H and O–H groups in total. The molecule has 1 aliphatic heterocycles. The summed E-state index contributed by atoms with van der Waals surface area (Å²) in [5.41, 5.74) is 1.63. The fraction of sp³-hybridized carbons (Fsp3) is 0.333. The number of fused-ring (bicyclic) bond motifs is 1. The quantitative estimate of drug-likeness (QED) is 0.492. The van der Waals surface area contributed by atoms with Gasteiger partial charge in [0.1, 0.15) is 11.8 Å². The van der Waals surface area contributed by atoms with E-state index in [4.69, 9.17) is 0 Å². The molecule has 2 heterocycles. The number of piperidine rings is 1. The van der Waals surface area contributed by atoms with Crippen molar-refractivity contribution in [2.45, 2.75) is 12.8 Å². The van der Waals surface area contributed by atoms with E-state index in [0.29, 0.717) is 10.9 Å². The van der Waals surface area contributed by atoms with E-state index in [2.05, 4.69) is 9.88 Å². The number of nitro groups is 1. The minimum Gasteiger partial charge on any atom is -0.370 e. The Morgan fingerprint density at radius 2 is 2.05 bits per heavy atom. The maximum atomic E-state index is 11.1. The van der Waals surface area contributed by atoms with E-state index in [-0.39, 0.29) is 16.5 Å². The molecule has 0 amide bonds. The third-order valence-electron chi connectivity index (χ3n) is 3.99. The van der Waals surface area contributed by atoms with E-state index in [1.54, 1.807) is 24.4 Å². The first-order valence-electron chi connectivity index (χ1n) is 6.93. The molecule has 2 aromatic rings. The van der Waals surface area contributed by atoms with Crippen LogP contribution in [0.25, 0.3) is 10.9 Å². The Labute approximate surface area is 121 Å². The number of anilines is 1. The summed E-state index contributed by atoms with van der Waals surface area (Å²) in [6.45, 7) is 1.54. The smallest absolute Gasteiger partial charge is 0.278 e. The van der Waals surface area contributed by atoms with Gasteiger partial charge in [0.05, 0.1) is 16.0 Å². The normalized spacial score (nSPS) is 16.1. The topological polar surface area (TPSA) is 76.3 Å². The molecule has 6 heteroatoms. The standard InChI is InChI=1S/C15H15N3O3/c19-10-11-5-8-17(9-6-11)14-4-3-13(18(20)21)12-2-1-7-16-15(12)14/h1-4,7,10-11H,5-6,8-9H2. The molecule has 3 rings (SSSR count). The number of aldehydes is 1. The van der Waals surface area contributed by atoms with E-state index in [1.165, 1.54) is 6.07 Å². The maximum absolute atomic E-state index is 11.1. The lowest BCUT2D eigenvalue weighted by Crippen LogP contribution is -2.34. The SMILES string of the molecule is O=CC1CCN(c2ccc([N+](=O)[O-])c3cccnc23)CC1. The molecule has 0 spiro atoms. The van der Waals surface area contributed by atoms with Crippen LogP contribution in [0, 0.1) is 16.0 Å². The number of rotatable bonds is 3. The van der Waals surface area contributed by atoms with Crippen molar-refractivity contribution in [3.63, 3.8) is 0 Å². The van der Waals surface area contributed by atoms with Gasteiger partial charge in [0.2, 0.25) is 0 Å². The van der Waals surface area contributed by atoms with Gasteiger partial charge in [-0.05, 0) is 31.0 Å². The molecule has 6 nitrogen and oxygen atoms in total. The zero-order valence-corrected chi connectivity index (χ0v) is 11.4. The highest BCUT2D eigenvalue weighted by Crippen LogP contribution is 2.33. The Hall–Kier alpha value is -2.50. The van der Waals surface area contributed by atoms with E-state index in [0.717, 1.165) is 37.9 Å². The number of nitro benzene ring substituents is 1. The second-order valence-electron chi connectivity index (χ2n) is 5.22. The van der Waals surface area contributed by atoms with Crippen molar-refractivity contribution in [1.29, 1.82) is 0 Å². The third-order valence-corrected chi connectivity index (χ3v) is 3.99. The summed E-state index contributed by atoms with van der Waals surface area (Å²) in [6.07, 6.45) is 4.29. The number of hydrogen-bond donors (Lipinski definition) is 0. The van der Waals surface area contributed by atoms with Gasteiger partial charge in [0.25, 0.3) is 5.69 Å². The highest BCUT2D eigenvalue weighted by molar-refractivity contribution is 5.97. The van der Waals surface area contributed by atoms with Crippen LogP contribution in [-0.4, -0.2) is 29.3 Å². The third kappa shape index (κ3) is 2.44. The van der Waals surface area contributed by atoms with Gasteiger partial charge in [-0.1, -0.05) is 0 Å². The van der Waals surface area contributed by atoms with Crippen molar-refractivity contribution in [2.24, 2.45) is 5.92 Å². The summed E-state index contributed by atoms with van der Waals surface area (Å²) in [7, 11) is 0. The zero-order chi connectivity index (χ0) is 14.8. The molecule has 1 aromatic heterocycles. The molecule has 0 unspecified atom stereocenters. The minimum atomic E-state index is -0.383. The average Bonchev–Trinajstić information content (AvgIpc) is 2.54. The molecule has 1 aliphatic rings. The highest BCUT2D eigenvalue weighted by Gasteiger charge is 2.22. The average molecular weight is 285 g/mol. The zero-order valence-electron chi connectivity index (χ0n) is 11.4. The molecule has 0 radical (unpaired) electrons. The summed E-state index contributed by atoms with van der Waals surface area (Å²) in [5, 5.41) is 11.7. The molecule has 21 heavy (non-hydrogen) atoms. The fourth-order valence-corrected chi connectivity index (χ4v) is 2.83. The van der Waals surface area contributed by atoms with Crippen LogP contribution >= 0.6 is 0 Å². The van der Waals surface area contributed by atoms with Crippen LogP contribution in [0.15, 0.2) is 30.5 Å². The molecule has 108 valence electrons. The van der Waals surface area contributed by atoms with Crippen LogP contribution < -0.4 is 4.90 Å². The first kappa shape index (κ1) is 13.5. The van der Waals surface area contributed by atoms with E-state index in [9.17, 15) is 14.9 Å². The Kier molecular flexibility index (Phi) is 3.51. The van der Waals surface area contributed by atoms with Crippen LogP contribution in [0.3, 0.4) is 0 Å². The van der Waals surface area contributed by atoms with Gasteiger partial charge >= 0.3 is 0 Å². The minimum absolute atomic E-state index is 0.0737. The molecular formula is C15H15N3O3. The Morgan fingerprint density at radius 1 is 1.29 bits per heavy atom. The monoisotopic (exact) mass is 285 g/mol. The van der Waals surface area contributed by atoms with Crippen molar-refractivity contribution >= 4 is 28.6 Å². The van der Waals surface area contributed by atoms with Crippen LogP contribution in [0.4, 0.5) is 11.4 Å². The lowest BCUT2D eigenvalue weighted by atomic mass is 9.97. The predicted octanol–water partition coefficient (Wildman–Crippen LogP) is 2.56. The van der Waals surface area contributed by atoms with Gasteiger partial charge in [-0.25, -0.2) is 0 Å². The molecule has 0 bridgehead atoms. The number of aromatic nitrogens is 1. The van der Waals surface area contributed by atoms with Crippen LogP contribution in [0.2, 0.25) is 0 Å². The first-order valence-corrected chi connectivity index (χ1v) is 6.93. The van der Waals surface area contributed by atoms with Crippen LogP contribution in [0.5, 0.6) is 0 Å². The largest absolute Gasteiger partial charge is 0.370 e. The molecule has 1 saturated heterocycles. The van der Waals surface area contributed by atoms with Crippen LogP contribution in [-0.2, 0) is 4.79 Å². The number of nitrogens with zero attached hydrogens (tertiary/aromatic N) is 3. The Morgan fingerprint density at radius 3 is 2.71 bits per heavy atom. The number of non-ortho nitro benzene ring substituents is 1. The van der Waals surface area contributed by atoms with Gasteiger partial charge < -0.3 is 9.69 Å². The lowest BCUT2D eigenvalue weighted by molar-refractivity contribution is -0.383. The lowest BCUT2D eigenvalue weighted by Gasteiger charge is -2.31. The number of pyridine rings is 1. The fourth-order valence-electron chi connectivity index (χ4n) is 2.83. The van der Waals surface area contributed by atoms with E-state index < -0.39 is 0 Å². The van der Waals surface area contributed by atoms with Crippen LogP contribution in [0.1, 0.15) is 12.8 Å². The number of carbonyl (C=O) groups is 1. The van der Waals surface area contributed by atoms with Crippen molar-refractivity contribution in [3.8, 4) is 0 Å². The number of carbonyl (C=O) groups excluding carboxylic acids is 1. The van der Waals surface area contributed by atoms with Gasteiger partial charge in [0.15, 0.2) is 0 Å². The van der Waals surface area contributed by atoms with Crippen molar-refractivity contribution < 1.29 is 9.72 Å². The number of hydrogen-bond acceptors (Lipinski definition) is 5. The van der Waals surface area contributed by atoms with Gasteiger partial charge in [-0.2, -0.15) is 0 Å². The van der Waals surface area contributed by atoms with Gasteiger partial charge in [0, 0.05) is 31.3 Å². The molecule has 1 aromatic carbocycles. The summed E-state index contributed by atoms with van der Waals surface area (Å²) in [6, 6.07) is 6.72. The van der Waals surface area contributed by atoms with Gasteiger partial charge in [-0.3, -0.25) is 15.1 Å². The maximum Gasteiger partial charge on any atom is 0.278 e. The molecule has 0 saturated carbocycles. The van der Waals surface area contributed by atoms with Crippen molar-refractivity contribution in [2.75, 3.05) is 18.0 Å². The number of benzene rings is 1. The second-order valence-corrected chi connectivity index (χ2v) is 5.22. The van der Waals surface area contributed by atoms with Crippen molar-refractivity contribution in [3.05, 3.63) is 40.6 Å². The summed E-state index contributed by atoms with van der Waals surface area (Å²) >= 11 is 0. The Bertz CT molecular complexity index is 694. The highest BCUT2D eigenvalue weighted by atomic mass is 16.6. The van der Waals surface area contributed by atoms with E-state index in [1.807, 2.05) is 0 Å². The molecular weight excluding hydrogens is 270 g/mol. The molecule has 0 aliphatic carbocycles. The predicted molar refractivity (Wildman–Crippen MR) is 79.4 cm³/mol. The summed E-state index contributed by atoms with van der Waals surface area (Å²) in [5.74, 6) is 0.124. The molecule has 1 fully saturated rings. The van der Waals surface area contributed by atoms with Crippen molar-refractivity contribution in [1.82, 2.24) is 4.98 Å². The summed E-state index contributed by atoms with van der Waals surface area (Å²) in [4.78, 5) is 28.0. The second kappa shape index (κ2) is 5.47. The Balaban J connectivity index is 2.02.